The highest BCUT2D eigenvalue weighted by Gasteiger charge is 2.03. The van der Waals surface area contributed by atoms with E-state index in [4.69, 9.17) is 10.8 Å². The molecule has 5 heteroatoms. The number of rotatable bonds is 6. The number of nitrogens with one attached hydrogen (secondary N) is 1. The van der Waals surface area contributed by atoms with Crippen molar-refractivity contribution in [2.75, 3.05) is 5.73 Å². The minimum atomic E-state index is -0.878. The Labute approximate surface area is 99.6 Å². The van der Waals surface area contributed by atoms with Gasteiger partial charge in [0.05, 0.1) is 0 Å². The number of nitrogens with two attached hydrogens (primary N) is 1. The number of carbonyl (C=O) groups excluding carboxylic acids is 1. The first-order valence-corrected chi connectivity index (χ1v) is 5.41. The van der Waals surface area contributed by atoms with Crippen LogP contribution in [0.5, 0.6) is 0 Å². The first-order chi connectivity index (χ1) is 8.08. The zero-order chi connectivity index (χ0) is 12.7. The van der Waals surface area contributed by atoms with E-state index in [-0.39, 0.29) is 18.7 Å². The molecule has 0 fully saturated rings. The Morgan fingerprint density at radius 2 is 1.82 bits per heavy atom. The minimum Gasteiger partial charge on any atom is -0.481 e. The number of benzene rings is 1. The molecule has 4 N–H and O–H groups in total. The van der Waals surface area contributed by atoms with Crippen molar-refractivity contribution >= 4 is 17.6 Å². The van der Waals surface area contributed by atoms with Crippen molar-refractivity contribution in [3.63, 3.8) is 0 Å². The minimum absolute atomic E-state index is 0.0231. The van der Waals surface area contributed by atoms with Crippen molar-refractivity contribution in [3.05, 3.63) is 29.8 Å². The van der Waals surface area contributed by atoms with E-state index in [2.05, 4.69) is 5.32 Å². The van der Waals surface area contributed by atoms with Gasteiger partial charge in [0.2, 0.25) is 5.91 Å². The van der Waals surface area contributed by atoms with Crippen LogP contribution in [0.2, 0.25) is 0 Å². The zero-order valence-electron chi connectivity index (χ0n) is 9.48. The lowest BCUT2D eigenvalue weighted by atomic mass is 10.2. The van der Waals surface area contributed by atoms with Gasteiger partial charge in [-0.2, -0.15) is 0 Å². The normalized spacial score (nSPS) is 9.88. The number of nitrogen functional groups attached to an aromatic ring is 1. The molecule has 0 heterocycles. The van der Waals surface area contributed by atoms with Crippen molar-refractivity contribution in [2.45, 2.75) is 25.8 Å². The Balaban J connectivity index is 2.23. The molecule has 0 spiro atoms. The first kappa shape index (κ1) is 13.0. The fraction of sp³-hybridized carbons (Fsp3) is 0.333. The maximum Gasteiger partial charge on any atom is 0.303 e. The van der Waals surface area contributed by atoms with Crippen molar-refractivity contribution in [1.29, 1.82) is 0 Å². The van der Waals surface area contributed by atoms with E-state index in [0.717, 1.165) is 5.56 Å². The van der Waals surface area contributed by atoms with Crippen molar-refractivity contribution < 1.29 is 14.7 Å². The average molecular weight is 236 g/mol. The van der Waals surface area contributed by atoms with Crippen molar-refractivity contribution in [3.8, 4) is 0 Å². The summed E-state index contributed by atoms with van der Waals surface area (Å²) in [6.45, 7) is 0.437. The molecule has 0 bridgehead atoms. The lowest BCUT2D eigenvalue weighted by Gasteiger charge is -2.05. The summed E-state index contributed by atoms with van der Waals surface area (Å²) in [5, 5.41) is 11.1. The summed E-state index contributed by atoms with van der Waals surface area (Å²) in [7, 11) is 0. The number of hydrogen-bond donors (Lipinski definition) is 3. The second-order valence-electron chi connectivity index (χ2n) is 3.77. The number of anilines is 1. The van der Waals surface area contributed by atoms with Crippen LogP contribution < -0.4 is 11.1 Å². The summed E-state index contributed by atoms with van der Waals surface area (Å²) in [4.78, 5) is 21.6. The number of carboxylic acid groups (broad SMARTS) is 1. The Kier molecular flexibility index (Phi) is 5.00. The van der Waals surface area contributed by atoms with E-state index >= 15 is 0 Å². The molecule has 1 aromatic rings. The van der Waals surface area contributed by atoms with Gasteiger partial charge in [0.15, 0.2) is 0 Å². The van der Waals surface area contributed by atoms with E-state index in [9.17, 15) is 9.59 Å². The molecule has 0 unspecified atom stereocenters. The Morgan fingerprint density at radius 1 is 1.18 bits per heavy atom. The molecule has 0 aliphatic rings. The summed E-state index contributed by atoms with van der Waals surface area (Å²) in [5.74, 6) is -1.01. The maximum absolute atomic E-state index is 11.3. The number of carboxylic acids is 1. The van der Waals surface area contributed by atoms with Crippen LogP contribution in [0.15, 0.2) is 24.3 Å². The molecule has 1 aromatic carbocycles. The second-order valence-corrected chi connectivity index (χ2v) is 3.77. The van der Waals surface area contributed by atoms with Crippen LogP contribution in [0.1, 0.15) is 24.8 Å². The second kappa shape index (κ2) is 6.52. The van der Waals surface area contributed by atoms with Gasteiger partial charge >= 0.3 is 5.97 Å². The Bertz CT molecular complexity index is 387. The SMILES string of the molecule is Nc1ccc(CNC(=O)CCCC(=O)O)cc1. The van der Waals surface area contributed by atoms with Crippen molar-refractivity contribution in [2.24, 2.45) is 0 Å². The van der Waals surface area contributed by atoms with Crippen LogP contribution in [0.25, 0.3) is 0 Å². The highest BCUT2D eigenvalue weighted by atomic mass is 16.4. The van der Waals surface area contributed by atoms with Gasteiger partial charge in [0, 0.05) is 25.1 Å². The van der Waals surface area contributed by atoms with E-state index in [1.165, 1.54) is 0 Å². The van der Waals surface area contributed by atoms with Gasteiger partial charge in [0.1, 0.15) is 0 Å². The molecule has 0 radical (unpaired) electrons. The van der Waals surface area contributed by atoms with Gasteiger partial charge in [-0.05, 0) is 24.1 Å². The molecule has 5 nitrogen and oxygen atoms in total. The van der Waals surface area contributed by atoms with Crippen LogP contribution in [0, 0.1) is 0 Å². The van der Waals surface area contributed by atoms with Gasteiger partial charge in [0.25, 0.3) is 0 Å². The van der Waals surface area contributed by atoms with E-state index < -0.39 is 5.97 Å². The van der Waals surface area contributed by atoms with E-state index in [1.54, 1.807) is 12.1 Å². The van der Waals surface area contributed by atoms with Gasteiger partial charge in [-0.25, -0.2) is 0 Å². The number of amides is 1. The third kappa shape index (κ3) is 5.55. The molecule has 0 saturated heterocycles. The number of aliphatic carboxylic acids is 1. The smallest absolute Gasteiger partial charge is 0.303 e. The standard InChI is InChI=1S/C12H16N2O3/c13-10-6-4-9(5-7-10)8-14-11(15)2-1-3-12(16)17/h4-7H,1-3,8,13H2,(H,14,15)(H,16,17). The zero-order valence-corrected chi connectivity index (χ0v) is 9.48. The molecule has 1 rings (SSSR count). The predicted octanol–water partition coefficient (Wildman–Crippen LogP) is 1.14. The largest absolute Gasteiger partial charge is 0.481 e. The fourth-order valence-corrected chi connectivity index (χ4v) is 1.32. The van der Waals surface area contributed by atoms with Crippen LogP contribution in [-0.4, -0.2) is 17.0 Å². The summed E-state index contributed by atoms with van der Waals surface area (Å²) >= 11 is 0. The molecular formula is C12H16N2O3. The maximum atomic E-state index is 11.3. The summed E-state index contributed by atoms with van der Waals surface area (Å²) < 4.78 is 0. The Morgan fingerprint density at radius 3 is 2.41 bits per heavy atom. The van der Waals surface area contributed by atoms with Crippen LogP contribution in [0.4, 0.5) is 5.69 Å². The molecule has 92 valence electrons. The molecule has 0 aromatic heterocycles. The summed E-state index contributed by atoms with van der Waals surface area (Å²) in [6, 6.07) is 7.22. The van der Waals surface area contributed by atoms with Gasteiger partial charge in [-0.15, -0.1) is 0 Å². The van der Waals surface area contributed by atoms with Crippen LogP contribution >= 0.6 is 0 Å². The van der Waals surface area contributed by atoms with E-state index in [0.29, 0.717) is 18.7 Å². The average Bonchev–Trinajstić information content (AvgIpc) is 2.28. The third-order valence-electron chi connectivity index (χ3n) is 2.26. The predicted molar refractivity (Wildman–Crippen MR) is 64.2 cm³/mol. The van der Waals surface area contributed by atoms with Gasteiger partial charge in [-0.3, -0.25) is 9.59 Å². The number of hydrogen-bond acceptors (Lipinski definition) is 3. The highest BCUT2D eigenvalue weighted by Crippen LogP contribution is 2.05. The van der Waals surface area contributed by atoms with Gasteiger partial charge in [-0.1, -0.05) is 12.1 Å². The lowest BCUT2D eigenvalue weighted by Crippen LogP contribution is -2.22. The molecule has 1 amide bonds. The van der Waals surface area contributed by atoms with Crippen LogP contribution in [0.3, 0.4) is 0 Å². The number of carbonyl (C=O) groups is 2. The Hall–Kier alpha value is -2.04. The molecular weight excluding hydrogens is 220 g/mol. The third-order valence-corrected chi connectivity index (χ3v) is 2.26. The van der Waals surface area contributed by atoms with Gasteiger partial charge < -0.3 is 16.2 Å². The topological polar surface area (TPSA) is 92.4 Å². The van der Waals surface area contributed by atoms with Crippen LogP contribution in [-0.2, 0) is 16.1 Å². The first-order valence-electron chi connectivity index (χ1n) is 5.41. The van der Waals surface area contributed by atoms with Crippen molar-refractivity contribution in [1.82, 2.24) is 5.32 Å². The molecule has 0 aliphatic carbocycles. The fourth-order valence-electron chi connectivity index (χ4n) is 1.32. The molecule has 17 heavy (non-hydrogen) atoms. The molecule has 0 aliphatic heterocycles. The quantitative estimate of drug-likeness (QED) is 0.646. The monoisotopic (exact) mass is 236 g/mol. The molecule has 0 atom stereocenters. The summed E-state index contributed by atoms with van der Waals surface area (Å²) in [5.41, 5.74) is 7.18. The molecule has 0 saturated carbocycles. The summed E-state index contributed by atoms with van der Waals surface area (Å²) in [6.07, 6.45) is 0.624. The lowest BCUT2D eigenvalue weighted by molar-refractivity contribution is -0.137. The highest BCUT2D eigenvalue weighted by molar-refractivity contribution is 5.76. The van der Waals surface area contributed by atoms with E-state index in [1.807, 2.05) is 12.1 Å².